The van der Waals surface area contributed by atoms with Crippen LogP contribution in [0.1, 0.15) is 28.4 Å². The highest BCUT2D eigenvalue weighted by Gasteiger charge is 2.18. The number of nitrogens with zero attached hydrogens (tertiary/aromatic N) is 3. The number of fused-ring (bicyclic) bond motifs is 1. The fraction of sp³-hybridized carbons (Fsp3) is 0.308. The van der Waals surface area contributed by atoms with E-state index in [1.807, 2.05) is 4.57 Å². The molecule has 1 aliphatic rings. The summed E-state index contributed by atoms with van der Waals surface area (Å²) in [7, 11) is 0. The molecule has 1 N–H and O–H groups in total. The van der Waals surface area contributed by atoms with Crippen molar-refractivity contribution in [3.8, 4) is 0 Å². The second-order valence-electron chi connectivity index (χ2n) is 4.59. The van der Waals surface area contributed by atoms with Crippen molar-refractivity contribution in [2.75, 3.05) is 0 Å². The largest absolute Gasteiger partial charge is 0.345 e. The van der Waals surface area contributed by atoms with E-state index in [0.29, 0.717) is 10.8 Å². The second kappa shape index (κ2) is 5.20. The third-order valence-corrected chi connectivity index (χ3v) is 3.50. The molecule has 0 saturated carbocycles. The molecule has 1 amide bonds. The first-order chi connectivity index (χ1) is 9.65. The summed E-state index contributed by atoms with van der Waals surface area (Å²) < 4.78 is 15.5. The molecule has 2 heterocycles. The number of benzene rings is 1. The van der Waals surface area contributed by atoms with E-state index in [2.05, 4.69) is 15.5 Å². The molecule has 0 fully saturated rings. The first-order valence-electron chi connectivity index (χ1n) is 6.29. The van der Waals surface area contributed by atoms with Crippen molar-refractivity contribution in [2.24, 2.45) is 0 Å². The van der Waals surface area contributed by atoms with Crippen LogP contribution in [0.25, 0.3) is 0 Å². The van der Waals surface area contributed by atoms with Gasteiger partial charge in [0.25, 0.3) is 5.91 Å². The predicted octanol–water partition coefficient (Wildman–Crippen LogP) is 1.95. The minimum absolute atomic E-state index is 0.0707. The molecule has 3 rings (SSSR count). The average molecular weight is 295 g/mol. The standard InChI is InChI=1S/C13H12ClFN4O/c14-8-3-4-10(15)9(6-8)13(20)16-7-12-18-17-11-2-1-5-19(11)12/h3-4,6H,1-2,5,7H2,(H,16,20). The molecule has 7 heteroatoms. The monoisotopic (exact) mass is 294 g/mol. The van der Waals surface area contributed by atoms with Crippen molar-refractivity contribution in [3.63, 3.8) is 0 Å². The Morgan fingerprint density at radius 3 is 3.15 bits per heavy atom. The van der Waals surface area contributed by atoms with E-state index >= 15 is 0 Å². The van der Waals surface area contributed by atoms with Gasteiger partial charge in [-0.15, -0.1) is 10.2 Å². The Hall–Kier alpha value is -1.95. The fourth-order valence-corrected chi connectivity index (χ4v) is 2.44. The van der Waals surface area contributed by atoms with Crippen LogP contribution in [-0.4, -0.2) is 20.7 Å². The summed E-state index contributed by atoms with van der Waals surface area (Å²) >= 11 is 5.76. The number of nitrogens with one attached hydrogen (secondary N) is 1. The Labute approximate surface area is 119 Å². The smallest absolute Gasteiger partial charge is 0.254 e. The van der Waals surface area contributed by atoms with E-state index in [1.54, 1.807) is 0 Å². The maximum absolute atomic E-state index is 13.6. The van der Waals surface area contributed by atoms with Gasteiger partial charge in [-0.05, 0) is 24.6 Å². The van der Waals surface area contributed by atoms with Crippen LogP contribution in [0.4, 0.5) is 4.39 Å². The molecule has 0 bridgehead atoms. The van der Waals surface area contributed by atoms with Crippen molar-refractivity contribution in [3.05, 3.63) is 46.3 Å². The summed E-state index contributed by atoms with van der Waals surface area (Å²) in [4.78, 5) is 11.9. The summed E-state index contributed by atoms with van der Waals surface area (Å²) in [5.41, 5.74) is -0.0707. The molecule has 5 nitrogen and oxygen atoms in total. The molecular weight excluding hydrogens is 283 g/mol. The topological polar surface area (TPSA) is 59.8 Å². The van der Waals surface area contributed by atoms with Crippen LogP contribution in [-0.2, 0) is 19.5 Å². The zero-order valence-electron chi connectivity index (χ0n) is 10.6. The second-order valence-corrected chi connectivity index (χ2v) is 5.03. The first kappa shape index (κ1) is 13.1. The quantitative estimate of drug-likeness (QED) is 0.941. The zero-order valence-corrected chi connectivity index (χ0v) is 11.3. The number of halogens is 2. The average Bonchev–Trinajstić information content (AvgIpc) is 3.02. The van der Waals surface area contributed by atoms with Gasteiger partial charge in [0.2, 0.25) is 0 Å². The summed E-state index contributed by atoms with van der Waals surface area (Å²) in [6.45, 7) is 1.08. The van der Waals surface area contributed by atoms with Gasteiger partial charge >= 0.3 is 0 Å². The van der Waals surface area contributed by atoms with Crippen LogP contribution >= 0.6 is 11.6 Å². The minimum atomic E-state index is -0.599. The molecule has 104 valence electrons. The lowest BCUT2D eigenvalue weighted by Gasteiger charge is -2.07. The molecule has 0 spiro atoms. The Bertz CT molecular complexity index is 670. The van der Waals surface area contributed by atoms with Crippen LogP contribution < -0.4 is 5.32 Å². The highest BCUT2D eigenvalue weighted by Crippen LogP contribution is 2.16. The lowest BCUT2D eigenvalue weighted by atomic mass is 10.2. The molecule has 1 aliphatic heterocycles. The van der Waals surface area contributed by atoms with E-state index in [1.165, 1.54) is 18.2 Å². The Balaban J connectivity index is 1.72. The molecule has 1 aromatic carbocycles. The van der Waals surface area contributed by atoms with Crippen molar-refractivity contribution in [2.45, 2.75) is 25.9 Å². The molecule has 0 aliphatic carbocycles. The molecule has 2 aromatic rings. The number of hydrogen-bond donors (Lipinski definition) is 1. The molecular formula is C13H12ClFN4O. The van der Waals surface area contributed by atoms with Crippen LogP contribution in [0.2, 0.25) is 5.02 Å². The number of rotatable bonds is 3. The SMILES string of the molecule is O=C(NCc1nnc2n1CCC2)c1cc(Cl)ccc1F. The normalized spacial score (nSPS) is 13.3. The number of aryl methyl sites for hydroxylation is 1. The van der Waals surface area contributed by atoms with Crippen LogP contribution in [0.3, 0.4) is 0 Å². The van der Waals surface area contributed by atoms with E-state index in [0.717, 1.165) is 25.2 Å². The third kappa shape index (κ3) is 2.38. The van der Waals surface area contributed by atoms with Gasteiger partial charge in [-0.2, -0.15) is 0 Å². The number of aromatic nitrogens is 3. The van der Waals surface area contributed by atoms with Crippen LogP contribution in [0.5, 0.6) is 0 Å². The maximum atomic E-state index is 13.6. The number of carbonyl (C=O) groups excluding carboxylic acids is 1. The summed E-state index contributed by atoms with van der Waals surface area (Å²) in [5, 5.41) is 11.0. The van der Waals surface area contributed by atoms with Crippen LogP contribution in [0.15, 0.2) is 18.2 Å². The van der Waals surface area contributed by atoms with E-state index in [9.17, 15) is 9.18 Å². The van der Waals surface area contributed by atoms with Gasteiger partial charge < -0.3 is 9.88 Å². The van der Waals surface area contributed by atoms with Gasteiger partial charge in [0.05, 0.1) is 12.1 Å². The highest BCUT2D eigenvalue weighted by atomic mass is 35.5. The van der Waals surface area contributed by atoms with Crippen molar-refractivity contribution in [1.29, 1.82) is 0 Å². The fourth-order valence-electron chi connectivity index (χ4n) is 2.27. The van der Waals surface area contributed by atoms with Crippen molar-refractivity contribution >= 4 is 17.5 Å². The first-order valence-corrected chi connectivity index (χ1v) is 6.67. The summed E-state index contributed by atoms with van der Waals surface area (Å²) in [5.74, 6) is 0.509. The summed E-state index contributed by atoms with van der Waals surface area (Å²) in [6.07, 6.45) is 1.94. The number of amides is 1. The van der Waals surface area contributed by atoms with Gasteiger partial charge in [0.15, 0.2) is 5.82 Å². The number of carbonyl (C=O) groups is 1. The maximum Gasteiger partial charge on any atom is 0.254 e. The summed E-state index contributed by atoms with van der Waals surface area (Å²) in [6, 6.07) is 3.88. The molecule has 0 radical (unpaired) electrons. The molecule has 0 unspecified atom stereocenters. The Morgan fingerprint density at radius 1 is 1.45 bits per heavy atom. The van der Waals surface area contributed by atoms with E-state index in [-0.39, 0.29) is 12.1 Å². The van der Waals surface area contributed by atoms with Crippen molar-refractivity contribution < 1.29 is 9.18 Å². The van der Waals surface area contributed by atoms with Gasteiger partial charge in [-0.3, -0.25) is 4.79 Å². The highest BCUT2D eigenvalue weighted by molar-refractivity contribution is 6.30. The van der Waals surface area contributed by atoms with Crippen LogP contribution in [0, 0.1) is 5.82 Å². The lowest BCUT2D eigenvalue weighted by molar-refractivity contribution is 0.0945. The Kier molecular flexibility index (Phi) is 3.40. The molecule has 20 heavy (non-hydrogen) atoms. The number of hydrogen-bond acceptors (Lipinski definition) is 3. The molecule has 1 aromatic heterocycles. The Morgan fingerprint density at radius 2 is 2.30 bits per heavy atom. The molecule has 0 atom stereocenters. The molecule has 0 saturated heterocycles. The predicted molar refractivity (Wildman–Crippen MR) is 70.9 cm³/mol. The third-order valence-electron chi connectivity index (χ3n) is 3.27. The van der Waals surface area contributed by atoms with Gasteiger partial charge in [0.1, 0.15) is 11.6 Å². The van der Waals surface area contributed by atoms with Crippen molar-refractivity contribution in [1.82, 2.24) is 20.1 Å². The van der Waals surface area contributed by atoms with E-state index < -0.39 is 11.7 Å². The van der Waals surface area contributed by atoms with Gasteiger partial charge in [-0.1, -0.05) is 11.6 Å². The van der Waals surface area contributed by atoms with E-state index in [4.69, 9.17) is 11.6 Å². The lowest BCUT2D eigenvalue weighted by Crippen LogP contribution is -2.25. The minimum Gasteiger partial charge on any atom is -0.345 e. The van der Waals surface area contributed by atoms with Gasteiger partial charge in [-0.25, -0.2) is 4.39 Å². The van der Waals surface area contributed by atoms with Gasteiger partial charge in [0, 0.05) is 18.0 Å². The zero-order chi connectivity index (χ0) is 14.1.